The summed E-state index contributed by atoms with van der Waals surface area (Å²) in [6.07, 6.45) is 9.61. The highest BCUT2D eigenvalue weighted by atomic mass is 35.5. The van der Waals surface area contributed by atoms with Gasteiger partial charge in [-0.05, 0) is 49.4 Å². The van der Waals surface area contributed by atoms with Crippen LogP contribution in [0.5, 0.6) is 0 Å². The van der Waals surface area contributed by atoms with Crippen LogP contribution in [0.15, 0.2) is 143 Å². The minimum Gasteiger partial charge on any atom is -0.393 e. The largest absolute Gasteiger partial charge is 0.393 e. The van der Waals surface area contributed by atoms with Gasteiger partial charge in [0.15, 0.2) is 36.9 Å². The van der Waals surface area contributed by atoms with Crippen molar-refractivity contribution in [1.29, 1.82) is 0 Å². The van der Waals surface area contributed by atoms with Crippen LogP contribution in [0.2, 0.25) is 0 Å². The van der Waals surface area contributed by atoms with Crippen molar-refractivity contribution in [3.8, 4) is 0 Å². The minimum atomic E-state index is -1.84. The Bertz CT molecular complexity index is 3240. The summed E-state index contributed by atoms with van der Waals surface area (Å²) in [4.78, 5) is 44.7. The fourth-order valence-electron chi connectivity index (χ4n) is 11.8. The van der Waals surface area contributed by atoms with Crippen LogP contribution in [0.1, 0.15) is 66.2 Å². The van der Waals surface area contributed by atoms with Crippen molar-refractivity contribution in [3.05, 3.63) is 134 Å². The molecular formula is C60H87Cl5N16O17. The van der Waals surface area contributed by atoms with Crippen LogP contribution in [0.3, 0.4) is 0 Å². The van der Waals surface area contributed by atoms with Crippen LogP contribution in [0.25, 0.3) is 10.4 Å². The van der Waals surface area contributed by atoms with Gasteiger partial charge in [0.25, 0.3) is 11.8 Å². The molecule has 10 rings (SSSR count). The number of nitrogens with two attached hydrogens (primary N) is 3. The Labute approximate surface area is 590 Å². The van der Waals surface area contributed by atoms with Crippen molar-refractivity contribution in [2.45, 2.75) is 183 Å². The van der Waals surface area contributed by atoms with Crippen molar-refractivity contribution in [3.63, 3.8) is 0 Å². The maximum atomic E-state index is 11.2. The number of azide groups is 1. The molecule has 0 aromatic carbocycles. The molecule has 33 nitrogen and oxygen atoms in total. The molecule has 10 aliphatic rings. The van der Waals surface area contributed by atoms with E-state index in [9.17, 15) is 60.7 Å². The zero-order valence-electron chi connectivity index (χ0n) is 54.1. The summed E-state index contributed by atoms with van der Waals surface area (Å²) in [5, 5.41) is 103. The van der Waals surface area contributed by atoms with Crippen LogP contribution in [0, 0.1) is 0 Å². The molecule has 10 aliphatic heterocycles. The monoisotopic (exact) mass is 1480 g/mol. The number of carbonyl (C=O) groups excluding carboxylic acids is 2. The van der Waals surface area contributed by atoms with E-state index in [1.807, 2.05) is 20.8 Å². The van der Waals surface area contributed by atoms with Crippen molar-refractivity contribution >= 4 is 87.3 Å². The van der Waals surface area contributed by atoms with E-state index in [-0.39, 0.29) is 49.9 Å². The number of aliphatic hydroxyl groups is 10. The molecule has 544 valence electrons. The number of aliphatic imine (C=N–C) groups is 3. The first kappa shape index (κ1) is 80.9. The first-order valence-electron chi connectivity index (χ1n) is 30.8. The molecule has 5 fully saturated rings. The summed E-state index contributed by atoms with van der Waals surface area (Å²) >= 11 is 31.0. The number of hydrogen-bond donors (Lipinski definition) is 15. The summed E-state index contributed by atoms with van der Waals surface area (Å²) in [6, 6.07) is 0. The predicted octanol–water partition coefficient (Wildman–Crippen LogP) is 0.705. The van der Waals surface area contributed by atoms with Gasteiger partial charge in [0, 0.05) is 48.1 Å². The average Bonchev–Trinajstić information content (AvgIpc) is 1.64. The van der Waals surface area contributed by atoms with E-state index < -0.39 is 123 Å². The van der Waals surface area contributed by atoms with Gasteiger partial charge in [-0.25, -0.2) is 15.0 Å². The maximum Gasteiger partial charge on any atom is 0.250 e. The van der Waals surface area contributed by atoms with E-state index in [1.54, 1.807) is 46.2 Å². The van der Waals surface area contributed by atoms with Crippen molar-refractivity contribution in [2.75, 3.05) is 33.0 Å². The molecule has 0 spiro atoms. The first-order valence-corrected chi connectivity index (χ1v) is 32.9. The van der Waals surface area contributed by atoms with E-state index in [2.05, 4.69) is 68.5 Å². The highest BCUT2D eigenvalue weighted by Crippen LogP contribution is 2.45. The molecular weight excluding hydrogens is 1390 g/mol. The molecule has 2 amide bonds. The minimum absolute atomic E-state index is 0.252. The lowest BCUT2D eigenvalue weighted by molar-refractivity contribution is -0.139. The molecule has 0 unspecified atom stereocenters. The van der Waals surface area contributed by atoms with Gasteiger partial charge in [0.05, 0.1) is 33.0 Å². The second-order valence-electron chi connectivity index (χ2n) is 23.6. The van der Waals surface area contributed by atoms with Gasteiger partial charge in [0.1, 0.15) is 126 Å². The van der Waals surface area contributed by atoms with Gasteiger partial charge >= 0.3 is 0 Å². The number of nitrogens with zero attached hydrogens (tertiary/aromatic N) is 11. The lowest BCUT2D eigenvalue weighted by atomic mass is 9.92. The highest BCUT2D eigenvalue weighted by molar-refractivity contribution is 6.23. The molecule has 18 N–H and O–H groups in total. The van der Waals surface area contributed by atoms with Gasteiger partial charge in [-0.2, -0.15) is 0 Å². The van der Waals surface area contributed by atoms with E-state index >= 15 is 0 Å². The predicted molar refractivity (Wildman–Crippen MR) is 363 cm³/mol. The van der Waals surface area contributed by atoms with Crippen LogP contribution in [0.4, 0.5) is 0 Å². The van der Waals surface area contributed by atoms with Crippen LogP contribution >= 0.6 is 58.0 Å². The lowest BCUT2D eigenvalue weighted by Gasteiger charge is -2.34. The molecule has 0 aliphatic carbocycles. The van der Waals surface area contributed by atoms with E-state index in [0.29, 0.717) is 60.6 Å². The number of alkyl halides is 5. The summed E-state index contributed by atoms with van der Waals surface area (Å²) < 4.78 is 28.7. The summed E-state index contributed by atoms with van der Waals surface area (Å²) in [7, 11) is 0. The molecule has 38 heteroatoms. The van der Waals surface area contributed by atoms with Crippen LogP contribution in [-0.4, -0.2) is 255 Å². The van der Waals surface area contributed by atoms with Crippen molar-refractivity contribution < 1.29 is 84.3 Å². The Morgan fingerprint density at radius 1 is 0.480 bits per heavy atom. The zero-order chi connectivity index (χ0) is 73.2. The van der Waals surface area contributed by atoms with Gasteiger partial charge in [0.2, 0.25) is 0 Å². The number of carbonyl (C=O) groups is 2. The van der Waals surface area contributed by atoms with E-state index in [0.717, 1.165) is 12.8 Å². The van der Waals surface area contributed by atoms with Crippen LogP contribution < -0.4 is 27.8 Å². The third-order valence-electron chi connectivity index (χ3n) is 17.5. The number of aliphatic hydroxyl groups excluding tert-OH is 10. The van der Waals surface area contributed by atoms with Gasteiger partial charge < -0.3 is 127 Å². The number of hydrogen-bond acceptors (Lipinski definition) is 29. The quantitative estimate of drug-likeness (QED) is 0.0412. The van der Waals surface area contributed by atoms with E-state index in [1.165, 1.54) is 46.6 Å². The second-order valence-corrected chi connectivity index (χ2v) is 26.1. The molecule has 0 bridgehead atoms. The first-order chi connectivity index (χ1) is 46.2. The Hall–Kier alpha value is -6.09. The molecule has 0 radical (unpaired) electrons. The number of halogens is 5. The Morgan fingerprint density at radius 2 is 0.755 bits per heavy atom. The van der Waals surface area contributed by atoms with Gasteiger partial charge in [-0.3, -0.25) is 9.59 Å². The standard InChI is InChI=1S/C13H20ClN3O3.C13H19ClN2O4.C12H18ClN3O3.C12H17ClN2O4.C10H13ClN6O3/c1-3-5-13(7-18)11(19)10(14)12(20-13)17-6-4-9(15)16-8(17)2;1-3-5-13(7-17)11(19)10(14)12(20-13)16-6-4-9(18)15-8(16)2;1-3-12(6-17)10(18)9(13)11(19-12)16-5-4-8(14)15-7(16)2;1-3-12(6-16)10(18)9(13)11(19-12)15-5-4-8(17)14-7(15)2;1-5-14-6(12)2-3-17(5)9-7(11)8(19)10(4-18,20-9)15-16-13/h4,6,10-12,18-19H,2-3,5,7H2,1H3,(H2,15,16);4,6,10-12,17,19H,2-3,5,7H2,1H3,(H,15,18);4-5,9-11,17-18H,2-3,6H2,1H3,(H2,14,15);4-5,9-11,16,18H,2-3,6H2,1H3,(H,14,17);2-3,7-9,18-19H,1,4H2,(H2,12,14)/t2*10-,11+,12-,13-;2*9-,10+,11-,12-;7-,8+,9-,10-/m11111/s1. The van der Waals surface area contributed by atoms with Crippen LogP contribution in [-0.2, 0) is 33.3 Å². The van der Waals surface area contributed by atoms with Gasteiger partial charge in [-0.15, -0.1) is 58.0 Å². The number of nitrogens with one attached hydrogen (secondary N) is 2. The topological polar surface area (TPSA) is 487 Å². The van der Waals surface area contributed by atoms with Crippen molar-refractivity contribution in [2.24, 2.45) is 37.3 Å². The Morgan fingerprint density at radius 3 is 1.01 bits per heavy atom. The maximum absolute atomic E-state index is 11.2. The Balaban J connectivity index is 0.000000193. The lowest BCUT2D eigenvalue weighted by Crippen LogP contribution is -2.45. The summed E-state index contributed by atoms with van der Waals surface area (Å²) in [6.45, 7) is 24.2. The molecule has 20 atom stereocenters. The number of ether oxygens (including phenoxy) is 5. The summed E-state index contributed by atoms with van der Waals surface area (Å²) in [5.41, 5.74) is 19.1. The molecule has 5 saturated heterocycles. The Kier molecular flexibility index (Phi) is 28.1. The number of amides is 2. The number of rotatable bonds is 17. The normalized spacial score (nSPS) is 37.8. The molecule has 0 saturated carbocycles. The summed E-state index contributed by atoms with van der Waals surface area (Å²) in [5.74, 6) is 2.05. The highest BCUT2D eigenvalue weighted by Gasteiger charge is 2.60. The smallest absolute Gasteiger partial charge is 0.250 e. The van der Waals surface area contributed by atoms with Gasteiger partial charge in [-0.1, -0.05) is 78.5 Å². The molecule has 0 aromatic heterocycles. The third-order valence-corrected chi connectivity index (χ3v) is 19.7. The third kappa shape index (κ3) is 16.6. The molecule has 0 aromatic rings. The number of amidine groups is 3. The fraction of sp³-hybridized carbons (Fsp3) is 0.583. The van der Waals surface area contributed by atoms with Crippen molar-refractivity contribution in [1.82, 2.24) is 35.1 Å². The van der Waals surface area contributed by atoms with E-state index in [4.69, 9.17) is 104 Å². The molecule has 98 heavy (non-hydrogen) atoms. The second kappa shape index (κ2) is 34.1. The molecule has 10 heterocycles. The SMILES string of the molecule is C=C1N=C(N)C=CN1[C@@H]1O[C@@](CO)(CCC)[C@@H](O)[C@H]1Cl.C=C1N=C(N)C=CN1[C@@H]1O[C@@](CO)(N=[N+]=[N-])[C@@H](O)[C@H]1Cl.C=C1N=C(N)C=CN1[C@@H]1O[C@](CC)(CO)[C@@H](O)[C@H]1Cl.C=C1NC(=O)C=CN1[C@@H]1O[C@@](CO)(CCC)[C@@H](O)[C@H]1Cl.C=C1NC(=O)C=CN1[C@@H]1O[C@](CC)(CO)[C@@H](O)[C@H]1Cl. The fourth-order valence-corrected chi connectivity index (χ4v) is 13.7. The zero-order valence-corrected chi connectivity index (χ0v) is 57.9. The average molecular weight is 1480 g/mol.